The predicted molar refractivity (Wildman–Crippen MR) is 79.3 cm³/mol. The Morgan fingerprint density at radius 2 is 2.17 bits per heavy atom. The highest BCUT2D eigenvalue weighted by Gasteiger charge is 2.23. The van der Waals surface area contributed by atoms with Crippen molar-refractivity contribution in [2.45, 2.75) is 38.6 Å². The fraction of sp³-hybridized carbons (Fsp3) is 0.538. The second kappa shape index (κ2) is 5.36. The van der Waals surface area contributed by atoms with Gasteiger partial charge in [-0.1, -0.05) is 12.2 Å². The van der Waals surface area contributed by atoms with Crippen LogP contribution in [0.2, 0.25) is 0 Å². The van der Waals surface area contributed by atoms with Gasteiger partial charge in [0.2, 0.25) is 0 Å². The number of rotatable bonds is 3. The topological polar surface area (TPSA) is 46.3 Å². The van der Waals surface area contributed by atoms with Crippen molar-refractivity contribution >= 4 is 34.5 Å². The number of amides is 1. The van der Waals surface area contributed by atoms with Crippen molar-refractivity contribution in [2.24, 2.45) is 5.73 Å². The van der Waals surface area contributed by atoms with Gasteiger partial charge in [0, 0.05) is 11.9 Å². The number of fused-ring (bicyclic) bond motifs is 1. The molecular formula is C13H18N2OS2. The second-order valence-electron chi connectivity index (χ2n) is 4.76. The van der Waals surface area contributed by atoms with Gasteiger partial charge in [0.15, 0.2) is 0 Å². The van der Waals surface area contributed by atoms with Gasteiger partial charge in [0.25, 0.3) is 5.91 Å². The SMILES string of the molecule is CC(C(N)=S)N(C)C(=O)c1cc2c(s1)CCCC2. The summed E-state index contributed by atoms with van der Waals surface area (Å²) < 4.78 is 0. The number of carbonyl (C=O) groups is 1. The van der Waals surface area contributed by atoms with Crippen LogP contribution in [0.3, 0.4) is 0 Å². The molecule has 0 aromatic carbocycles. The molecule has 1 aliphatic rings. The molecule has 1 aliphatic carbocycles. The van der Waals surface area contributed by atoms with Crippen LogP contribution in [-0.4, -0.2) is 28.9 Å². The zero-order valence-corrected chi connectivity index (χ0v) is 12.4. The van der Waals surface area contributed by atoms with Crippen LogP contribution in [0.1, 0.15) is 39.9 Å². The summed E-state index contributed by atoms with van der Waals surface area (Å²) in [6, 6.07) is 1.84. The molecule has 0 bridgehead atoms. The molecule has 1 unspecified atom stereocenters. The van der Waals surface area contributed by atoms with E-state index in [1.165, 1.54) is 23.3 Å². The predicted octanol–water partition coefficient (Wildman–Crippen LogP) is 2.37. The summed E-state index contributed by atoms with van der Waals surface area (Å²) in [7, 11) is 1.75. The van der Waals surface area contributed by atoms with E-state index in [0.29, 0.717) is 4.99 Å². The average molecular weight is 282 g/mol. The van der Waals surface area contributed by atoms with Gasteiger partial charge >= 0.3 is 0 Å². The number of thiophene rings is 1. The van der Waals surface area contributed by atoms with Gasteiger partial charge < -0.3 is 10.6 Å². The van der Waals surface area contributed by atoms with Crippen molar-refractivity contribution in [1.29, 1.82) is 0 Å². The van der Waals surface area contributed by atoms with E-state index in [0.717, 1.165) is 17.7 Å². The van der Waals surface area contributed by atoms with Crippen molar-refractivity contribution in [3.05, 3.63) is 21.4 Å². The molecule has 0 fully saturated rings. The van der Waals surface area contributed by atoms with Crippen molar-refractivity contribution in [1.82, 2.24) is 4.90 Å². The molecule has 0 saturated heterocycles. The van der Waals surface area contributed by atoms with Crippen LogP contribution in [0.5, 0.6) is 0 Å². The third-order valence-electron chi connectivity index (χ3n) is 3.52. The third kappa shape index (κ3) is 2.57. The number of nitrogens with two attached hydrogens (primary N) is 1. The minimum Gasteiger partial charge on any atom is -0.392 e. The highest BCUT2D eigenvalue weighted by atomic mass is 32.1. The Bertz CT molecular complexity index is 458. The number of hydrogen-bond donors (Lipinski definition) is 1. The molecule has 0 spiro atoms. The number of thiocarbonyl (C=S) groups is 1. The van der Waals surface area contributed by atoms with E-state index in [2.05, 4.69) is 0 Å². The fourth-order valence-electron chi connectivity index (χ4n) is 2.14. The first-order valence-corrected chi connectivity index (χ1v) is 7.41. The Balaban J connectivity index is 2.18. The molecule has 2 N–H and O–H groups in total. The Hall–Kier alpha value is -0.940. The highest BCUT2D eigenvalue weighted by molar-refractivity contribution is 7.80. The van der Waals surface area contributed by atoms with Crippen LogP contribution < -0.4 is 5.73 Å². The summed E-state index contributed by atoms with van der Waals surface area (Å²) in [5, 5.41) is 0. The minimum absolute atomic E-state index is 0.0229. The molecule has 0 radical (unpaired) electrons. The number of nitrogens with zero attached hydrogens (tertiary/aromatic N) is 1. The minimum atomic E-state index is -0.202. The highest BCUT2D eigenvalue weighted by Crippen LogP contribution is 2.30. The first-order chi connectivity index (χ1) is 8.50. The summed E-state index contributed by atoms with van der Waals surface area (Å²) >= 11 is 6.56. The van der Waals surface area contributed by atoms with E-state index in [9.17, 15) is 4.79 Å². The van der Waals surface area contributed by atoms with Crippen molar-refractivity contribution in [3.63, 3.8) is 0 Å². The standard InChI is InChI=1S/C13H18N2OS2/c1-8(12(14)17)15(2)13(16)11-7-9-5-3-4-6-10(9)18-11/h7-8H,3-6H2,1-2H3,(H2,14,17). The molecular weight excluding hydrogens is 264 g/mol. The number of likely N-dealkylation sites (N-methyl/N-ethyl adjacent to an activating group) is 1. The van der Waals surface area contributed by atoms with Gasteiger partial charge in [-0.25, -0.2) is 0 Å². The molecule has 0 saturated carbocycles. The molecule has 1 aromatic rings. The molecule has 1 heterocycles. The summed E-state index contributed by atoms with van der Waals surface area (Å²) in [5.74, 6) is 0.0229. The maximum absolute atomic E-state index is 12.3. The lowest BCUT2D eigenvalue weighted by molar-refractivity contribution is 0.0783. The zero-order valence-electron chi connectivity index (χ0n) is 10.7. The lowest BCUT2D eigenvalue weighted by Crippen LogP contribution is -2.42. The number of aryl methyl sites for hydroxylation is 2. The molecule has 1 amide bonds. The van der Waals surface area contributed by atoms with Gasteiger partial charge in [-0.2, -0.15) is 0 Å². The third-order valence-corrected chi connectivity index (χ3v) is 5.09. The van der Waals surface area contributed by atoms with Gasteiger partial charge in [0.1, 0.15) is 0 Å². The normalized spacial score (nSPS) is 15.9. The van der Waals surface area contributed by atoms with E-state index >= 15 is 0 Å². The molecule has 0 aliphatic heterocycles. The van der Waals surface area contributed by atoms with Gasteiger partial charge in [-0.05, 0) is 44.2 Å². The Morgan fingerprint density at radius 3 is 2.78 bits per heavy atom. The van der Waals surface area contributed by atoms with E-state index in [-0.39, 0.29) is 11.9 Å². The largest absolute Gasteiger partial charge is 0.392 e. The van der Waals surface area contributed by atoms with E-state index in [4.69, 9.17) is 18.0 Å². The van der Waals surface area contributed by atoms with Crippen LogP contribution in [0.25, 0.3) is 0 Å². The lowest BCUT2D eigenvalue weighted by Gasteiger charge is -2.23. The van der Waals surface area contributed by atoms with Crippen molar-refractivity contribution in [2.75, 3.05) is 7.05 Å². The first kappa shape index (κ1) is 13.5. The second-order valence-corrected chi connectivity index (χ2v) is 6.37. The molecule has 5 heteroatoms. The van der Waals surface area contributed by atoms with Gasteiger partial charge in [0.05, 0.1) is 15.9 Å². The summed E-state index contributed by atoms with van der Waals surface area (Å²) in [5.41, 5.74) is 6.94. The van der Waals surface area contributed by atoms with Crippen LogP contribution >= 0.6 is 23.6 Å². The fourth-order valence-corrected chi connectivity index (χ4v) is 3.53. The first-order valence-electron chi connectivity index (χ1n) is 6.18. The number of carbonyl (C=O) groups excluding carboxylic acids is 1. The number of hydrogen-bond acceptors (Lipinski definition) is 3. The van der Waals surface area contributed by atoms with Crippen LogP contribution in [0.4, 0.5) is 0 Å². The summed E-state index contributed by atoms with van der Waals surface area (Å²) in [6.45, 7) is 1.85. The van der Waals surface area contributed by atoms with Crippen molar-refractivity contribution < 1.29 is 4.79 Å². The Labute approximate surface area is 117 Å². The Morgan fingerprint density at radius 1 is 1.50 bits per heavy atom. The molecule has 1 aromatic heterocycles. The summed E-state index contributed by atoms with van der Waals surface area (Å²) in [6.07, 6.45) is 4.69. The lowest BCUT2D eigenvalue weighted by atomic mass is 9.99. The van der Waals surface area contributed by atoms with Gasteiger partial charge in [-0.3, -0.25) is 4.79 Å². The van der Waals surface area contributed by atoms with E-state index in [1.807, 2.05) is 13.0 Å². The maximum Gasteiger partial charge on any atom is 0.264 e. The van der Waals surface area contributed by atoms with Gasteiger partial charge in [-0.15, -0.1) is 11.3 Å². The average Bonchev–Trinajstić information content (AvgIpc) is 2.79. The molecule has 18 heavy (non-hydrogen) atoms. The van der Waals surface area contributed by atoms with E-state index in [1.54, 1.807) is 23.3 Å². The Kier molecular flexibility index (Phi) is 4.02. The molecule has 2 rings (SSSR count). The summed E-state index contributed by atoms with van der Waals surface area (Å²) in [4.78, 5) is 16.5. The zero-order chi connectivity index (χ0) is 13.3. The van der Waals surface area contributed by atoms with Crippen LogP contribution in [-0.2, 0) is 12.8 Å². The van der Waals surface area contributed by atoms with E-state index < -0.39 is 0 Å². The monoisotopic (exact) mass is 282 g/mol. The van der Waals surface area contributed by atoms with Crippen molar-refractivity contribution in [3.8, 4) is 0 Å². The smallest absolute Gasteiger partial charge is 0.264 e. The molecule has 1 atom stereocenters. The molecule has 98 valence electrons. The maximum atomic E-state index is 12.3. The van der Waals surface area contributed by atoms with Crippen LogP contribution in [0.15, 0.2) is 6.07 Å². The quantitative estimate of drug-likeness (QED) is 0.866. The molecule has 3 nitrogen and oxygen atoms in total. The van der Waals surface area contributed by atoms with Crippen LogP contribution in [0, 0.1) is 0 Å².